The van der Waals surface area contributed by atoms with E-state index in [1.54, 1.807) is 22.5 Å². The van der Waals surface area contributed by atoms with Crippen molar-refractivity contribution in [3.8, 4) is 0 Å². The van der Waals surface area contributed by atoms with Gasteiger partial charge >= 0.3 is 0 Å². The van der Waals surface area contributed by atoms with Gasteiger partial charge in [-0.3, -0.25) is 0 Å². The van der Waals surface area contributed by atoms with Crippen molar-refractivity contribution in [3.05, 3.63) is 58.3 Å². The van der Waals surface area contributed by atoms with E-state index >= 15 is 0 Å². The van der Waals surface area contributed by atoms with Gasteiger partial charge in [0.2, 0.25) is 10.0 Å². The molecule has 1 atom stereocenters. The van der Waals surface area contributed by atoms with Crippen molar-refractivity contribution in [1.82, 2.24) is 14.3 Å². The Morgan fingerprint density at radius 3 is 2.80 bits per heavy atom. The number of imidazole rings is 1. The molecule has 2 heterocycles. The van der Waals surface area contributed by atoms with Crippen LogP contribution in [0, 0.1) is 6.92 Å². The molecule has 2 aromatic carbocycles. The average molecular weight is 420 g/mol. The zero-order valence-electron chi connectivity index (χ0n) is 13.7. The van der Waals surface area contributed by atoms with Gasteiger partial charge in [0.05, 0.1) is 22.0 Å². The molecular weight excluding hydrogens is 402 g/mol. The topological polar surface area (TPSA) is 66.1 Å². The summed E-state index contributed by atoms with van der Waals surface area (Å²) in [6.07, 6.45) is 1.60. The minimum atomic E-state index is -3.56. The average Bonchev–Trinajstić information content (AvgIpc) is 3.23. The first kappa shape index (κ1) is 16.8. The monoisotopic (exact) mass is 419 g/mol. The van der Waals surface area contributed by atoms with Crippen LogP contribution in [-0.2, 0) is 10.0 Å². The second-order valence-corrected chi connectivity index (χ2v) is 9.07. The summed E-state index contributed by atoms with van der Waals surface area (Å²) in [5.74, 6) is 0.719. The maximum Gasteiger partial charge on any atom is 0.243 e. The first-order valence-electron chi connectivity index (χ1n) is 8.19. The van der Waals surface area contributed by atoms with Gasteiger partial charge in [-0.25, -0.2) is 13.4 Å². The van der Waals surface area contributed by atoms with Gasteiger partial charge in [-0.05, 0) is 55.7 Å². The van der Waals surface area contributed by atoms with Crippen LogP contribution < -0.4 is 0 Å². The molecule has 3 aromatic rings. The lowest BCUT2D eigenvalue weighted by molar-refractivity contribution is 0.385. The van der Waals surface area contributed by atoms with Crippen molar-refractivity contribution in [1.29, 1.82) is 0 Å². The molecule has 1 unspecified atom stereocenters. The predicted octanol–water partition coefficient (Wildman–Crippen LogP) is 4.16. The molecule has 4 rings (SSSR count). The first-order valence-corrected chi connectivity index (χ1v) is 10.4. The number of nitrogens with one attached hydrogen (secondary N) is 1. The smallest absolute Gasteiger partial charge is 0.243 e. The van der Waals surface area contributed by atoms with E-state index in [4.69, 9.17) is 0 Å². The second kappa shape index (κ2) is 6.23. The van der Waals surface area contributed by atoms with Crippen LogP contribution in [0.5, 0.6) is 0 Å². The molecule has 0 saturated carbocycles. The molecule has 7 heteroatoms. The predicted molar refractivity (Wildman–Crippen MR) is 101 cm³/mol. The molecule has 1 N–H and O–H groups in total. The van der Waals surface area contributed by atoms with Crippen molar-refractivity contribution in [3.63, 3.8) is 0 Å². The second-order valence-electron chi connectivity index (χ2n) is 6.32. The van der Waals surface area contributed by atoms with Crippen molar-refractivity contribution in [2.45, 2.75) is 30.7 Å². The fraction of sp³-hybridized carbons (Fsp3) is 0.278. The number of para-hydroxylation sites is 2. The number of benzene rings is 2. The summed E-state index contributed by atoms with van der Waals surface area (Å²) in [7, 11) is -3.56. The van der Waals surface area contributed by atoms with Crippen LogP contribution in [0.4, 0.5) is 0 Å². The summed E-state index contributed by atoms with van der Waals surface area (Å²) in [4.78, 5) is 8.23. The van der Waals surface area contributed by atoms with Gasteiger partial charge in [0.1, 0.15) is 5.82 Å². The Balaban J connectivity index is 1.74. The van der Waals surface area contributed by atoms with Crippen LogP contribution in [-0.4, -0.2) is 29.2 Å². The number of nitrogens with zero attached hydrogens (tertiary/aromatic N) is 2. The van der Waals surface area contributed by atoms with E-state index in [2.05, 4.69) is 25.9 Å². The molecule has 1 aliphatic heterocycles. The van der Waals surface area contributed by atoms with Gasteiger partial charge in [-0.1, -0.05) is 28.1 Å². The summed E-state index contributed by atoms with van der Waals surface area (Å²) >= 11 is 3.42. The third-order valence-corrected chi connectivity index (χ3v) is 7.46. The number of sulfonamides is 1. The summed E-state index contributed by atoms with van der Waals surface area (Å²) in [5, 5.41) is 0. The van der Waals surface area contributed by atoms with Gasteiger partial charge in [-0.2, -0.15) is 4.31 Å². The van der Waals surface area contributed by atoms with Crippen molar-refractivity contribution < 1.29 is 8.42 Å². The number of aromatic amines is 1. The number of halogens is 1. The minimum absolute atomic E-state index is 0.249. The number of hydrogen-bond acceptors (Lipinski definition) is 3. The van der Waals surface area contributed by atoms with Crippen LogP contribution in [0.2, 0.25) is 0 Å². The highest BCUT2D eigenvalue weighted by molar-refractivity contribution is 9.10. The van der Waals surface area contributed by atoms with Crippen molar-refractivity contribution >= 4 is 37.0 Å². The Labute approximate surface area is 155 Å². The molecule has 0 amide bonds. The van der Waals surface area contributed by atoms with Crippen molar-refractivity contribution in [2.75, 3.05) is 6.54 Å². The van der Waals surface area contributed by atoms with Crippen LogP contribution in [0.15, 0.2) is 51.8 Å². The summed E-state index contributed by atoms with van der Waals surface area (Å²) in [6, 6.07) is 12.7. The van der Waals surface area contributed by atoms with Gasteiger partial charge < -0.3 is 4.98 Å². The Morgan fingerprint density at radius 1 is 1.24 bits per heavy atom. The highest BCUT2D eigenvalue weighted by Gasteiger charge is 2.37. The molecule has 1 fully saturated rings. The zero-order valence-corrected chi connectivity index (χ0v) is 16.1. The normalized spacial score (nSPS) is 18.9. The summed E-state index contributed by atoms with van der Waals surface area (Å²) < 4.78 is 28.8. The highest BCUT2D eigenvalue weighted by Crippen LogP contribution is 2.36. The van der Waals surface area contributed by atoms with Gasteiger partial charge in [0.25, 0.3) is 0 Å². The number of rotatable bonds is 3. The van der Waals surface area contributed by atoms with E-state index in [1.807, 2.05) is 31.2 Å². The molecule has 1 aromatic heterocycles. The fourth-order valence-corrected chi connectivity index (χ4v) is 5.34. The Bertz CT molecular complexity index is 1010. The highest BCUT2D eigenvalue weighted by atomic mass is 79.9. The van der Waals surface area contributed by atoms with Gasteiger partial charge in [0, 0.05) is 11.0 Å². The molecule has 25 heavy (non-hydrogen) atoms. The standard InChI is InChI=1S/C18H18BrN3O2S/c1-12-11-13(8-9-14(12)19)25(23,24)22-10-4-7-17(22)18-20-15-5-2-3-6-16(15)21-18/h2-3,5-6,8-9,11,17H,4,7,10H2,1H3,(H,20,21). The molecule has 0 radical (unpaired) electrons. The Morgan fingerprint density at radius 2 is 2.04 bits per heavy atom. The zero-order chi connectivity index (χ0) is 17.6. The fourth-order valence-electron chi connectivity index (χ4n) is 3.34. The van der Waals surface area contributed by atoms with Gasteiger partial charge in [0.15, 0.2) is 0 Å². The van der Waals surface area contributed by atoms with E-state index in [0.717, 1.165) is 39.7 Å². The lowest BCUT2D eigenvalue weighted by atomic mass is 10.2. The Hall–Kier alpha value is -1.70. The van der Waals surface area contributed by atoms with Crippen LogP contribution in [0.3, 0.4) is 0 Å². The van der Waals surface area contributed by atoms with Crippen LogP contribution >= 0.6 is 15.9 Å². The number of aryl methyl sites for hydroxylation is 1. The number of fused-ring (bicyclic) bond motifs is 1. The van der Waals surface area contributed by atoms with Crippen LogP contribution in [0.1, 0.15) is 30.3 Å². The molecule has 1 aliphatic rings. The maximum absolute atomic E-state index is 13.2. The minimum Gasteiger partial charge on any atom is -0.341 e. The number of hydrogen-bond donors (Lipinski definition) is 1. The third-order valence-electron chi connectivity index (χ3n) is 4.66. The lowest BCUT2D eigenvalue weighted by Gasteiger charge is -2.23. The molecular formula is C18H18BrN3O2S. The summed E-state index contributed by atoms with van der Waals surface area (Å²) in [6.45, 7) is 2.41. The molecule has 0 aliphatic carbocycles. The maximum atomic E-state index is 13.2. The quantitative estimate of drug-likeness (QED) is 0.692. The van der Waals surface area contributed by atoms with Crippen molar-refractivity contribution in [2.24, 2.45) is 0 Å². The van der Waals surface area contributed by atoms with E-state index in [0.29, 0.717) is 11.4 Å². The molecule has 130 valence electrons. The van der Waals surface area contributed by atoms with Crippen LogP contribution in [0.25, 0.3) is 11.0 Å². The van der Waals surface area contributed by atoms with E-state index in [-0.39, 0.29) is 6.04 Å². The van der Waals surface area contributed by atoms with E-state index in [1.165, 1.54) is 0 Å². The Kier molecular flexibility index (Phi) is 4.17. The van der Waals surface area contributed by atoms with E-state index < -0.39 is 10.0 Å². The molecule has 1 saturated heterocycles. The molecule has 0 bridgehead atoms. The lowest BCUT2D eigenvalue weighted by Crippen LogP contribution is -2.31. The molecule has 0 spiro atoms. The molecule has 5 nitrogen and oxygen atoms in total. The summed E-state index contributed by atoms with van der Waals surface area (Å²) in [5.41, 5.74) is 2.70. The first-order chi connectivity index (χ1) is 12.0. The SMILES string of the molecule is Cc1cc(S(=O)(=O)N2CCCC2c2nc3ccccc3[nH]2)ccc1Br. The van der Waals surface area contributed by atoms with Gasteiger partial charge in [-0.15, -0.1) is 0 Å². The largest absolute Gasteiger partial charge is 0.341 e. The third kappa shape index (κ3) is 2.90. The number of aromatic nitrogens is 2. The number of H-pyrrole nitrogens is 1. The van der Waals surface area contributed by atoms with E-state index in [9.17, 15) is 8.42 Å².